The summed E-state index contributed by atoms with van der Waals surface area (Å²) in [6.07, 6.45) is 0.259. The maximum absolute atomic E-state index is 6.00. The number of benzene rings is 1. The maximum atomic E-state index is 6.00. The van der Waals surface area contributed by atoms with Crippen molar-refractivity contribution < 1.29 is 14.0 Å². The van der Waals surface area contributed by atoms with Gasteiger partial charge in [0.2, 0.25) is 0 Å². The molecule has 0 aromatic heterocycles. The highest BCUT2D eigenvalue weighted by Gasteiger charge is 2.46. The van der Waals surface area contributed by atoms with Crippen molar-refractivity contribution in [2.24, 2.45) is 5.41 Å². The number of likely N-dealkylation sites (N-methyl/N-ethyl adjacent to an activating group) is 1. The molecule has 2 unspecified atom stereocenters. The SMILES string of the molecule is COc1ccc(C[N+]2(C)CCOC2C(C)(C)C)cc1. The van der Waals surface area contributed by atoms with Crippen molar-refractivity contribution in [3.05, 3.63) is 29.8 Å². The molecule has 1 saturated heterocycles. The highest BCUT2D eigenvalue weighted by molar-refractivity contribution is 5.26. The van der Waals surface area contributed by atoms with Gasteiger partial charge in [0, 0.05) is 11.0 Å². The molecule has 1 heterocycles. The van der Waals surface area contributed by atoms with Crippen LogP contribution < -0.4 is 4.74 Å². The molecule has 3 heteroatoms. The molecule has 2 rings (SSSR count). The Balaban J connectivity index is 2.15. The number of hydrogen-bond acceptors (Lipinski definition) is 2. The molecule has 1 aliphatic heterocycles. The van der Waals surface area contributed by atoms with Crippen molar-refractivity contribution in [3.63, 3.8) is 0 Å². The topological polar surface area (TPSA) is 18.5 Å². The Morgan fingerprint density at radius 1 is 1.26 bits per heavy atom. The standard InChI is InChI=1S/C16H26NO2/c1-16(2,3)15-17(4,10-11-19-15)12-13-6-8-14(18-5)9-7-13/h6-9,15H,10-12H2,1-5H3/q+1. The first-order valence-electron chi connectivity index (χ1n) is 6.94. The first-order chi connectivity index (χ1) is 8.85. The highest BCUT2D eigenvalue weighted by Crippen LogP contribution is 2.35. The molecular formula is C16H26NO2+. The van der Waals surface area contributed by atoms with E-state index < -0.39 is 0 Å². The van der Waals surface area contributed by atoms with Gasteiger partial charge in [-0.05, 0) is 24.3 Å². The number of rotatable bonds is 3. The number of ether oxygens (including phenoxy) is 2. The molecule has 1 aromatic carbocycles. The number of quaternary nitrogens is 1. The summed E-state index contributed by atoms with van der Waals surface area (Å²) in [5, 5.41) is 0. The van der Waals surface area contributed by atoms with E-state index >= 15 is 0 Å². The van der Waals surface area contributed by atoms with Gasteiger partial charge in [0.15, 0.2) is 6.23 Å². The van der Waals surface area contributed by atoms with E-state index in [-0.39, 0.29) is 11.6 Å². The number of nitrogens with zero attached hydrogens (tertiary/aromatic N) is 1. The number of hydrogen-bond donors (Lipinski definition) is 0. The van der Waals surface area contributed by atoms with Crippen LogP contribution in [0.3, 0.4) is 0 Å². The minimum atomic E-state index is 0.164. The average molecular weight is 264 g/mol. The van der Waals surface area contributed by atoms with E-state index in [0.717, 1.165) is 29.9 Å². The van der Waals surface area contributed by atoms with Gasteiger partial charge in [0.25, 0.3) is 0 Å². The second-order valence-corrected chi connectivity index (χ2v) is 6.80. The molecule has 0 amide bonds. The molecule has 0 N–H and O–H groups in total. The minimum Gasteiger partial charge on any atom is -0.497 e. The van der Waals surface area contributed by atoms with Gasteiger partial charge in [0.05, 0.1) is 14.2 Å². The average Bonchev–Trinajstić information content (AvgIpc) is 2.72. The van der Waals surface area contributed by atoms with Gasteiger partial charge in [0.1, 0.15) is 25.4 Å². The predicted octanol–water partition coefficient (Wildman–Crippen LogP) is 3.04. The van der Waals surface area contributed by atoms with E-state index in [9.17, 15) is 0 Å². The summed E-state index contributed by atoms with van der Waals surface area (Å²) in [5.74, 6) is 0.913. The van der Waals surface area contributed by atoms with Crippen molar-refractivity contribution in [2.75, 3.05) is 27.3 Å². The highest BCUT2D eigenvalue weighted by atomic mass is 16.5. The van der Waals surface area contributed by atoms with Gasteiger partial charge in [-0.3, -0.25) is 4.48 Å². The zero-order chi connectivity index (χ0) is 14.1. The molecule has 1 aromatic rings. The van der Waals surface area contributed by atoms with Crippen LogP contribution in [0.1, 0.15) is 26.3 Å². The van der Waals surface area contributed by atoms with Crippen LogP contribution in [0.2, 0.25) is 0 Å². The quantitative estimate of drug-likeness (QED) is 0.781. The fourth-order valence-electron chi connectivity index (χ4n) is 3.17. The zero-order valence-corrected chi connectivity index (χ0v) is 12.8. The van der Waals surface area contributed by atoms with Gasteiger partial charge in [-0.1, -0.05) is 20.8 Å². The lowest BCUT2D eigenvalue weighted by Gasteiger charge is -2.40. The number of methoxy groups -OCH3 is 1. The molecule has 0 radical (unpaired) electrons. The Labute approximate surface area is 116 Å². The summed E-state index contributed by atoms with van der Waals surface area (Å²) in [5.41, 5.74) is 1.50. The Morgan fingerprint density at radius 2 is 1.89 bits per heavy atom. The first-order valence-corrected chi connectivity index (χ1v) is 6.94. The van der Waals surface area contributed by atoms with Crippen LogP contribution in [0.5, 0.6) is 5.75 Å². The van der Waals surface area contributed by atoms with Crippen molar-refractivity contribution in [1.29, 1.82) is 0 Å². The minimum absolute atomic E-state index is 0.164. The van der Waals surface area contributed by atoms with Gasteiger partial charge in [-0.25, -0.2) is 0 Å². The molecule has 0 bridgehead atoms. The summed E-state index contributed by atoms with van der Waals surface area (Å²) in [4.78, 5) is 0. The lowest BCUT2D eigenvalue weighted by molar-refractivity contribution is -0.952. The van der Waals surface area contributed by atoms with Crippen LogP contribution in [0.4, 0.5) is 0 Å². The summed E-state index contributed by atoms with van der Waals surface area (Å²) in [6.45, 7) is 9.71. The summed E-state index contributed by atoms with van der Waals surface area (Å²) in [6, 6.07) is 8.37. The molecular weight excluding hydrogens is 238 g/mol. The Bertz CT molecular complexity index is 421. The van der Waals surface area contributed by atoms with E-state index in [2.05, 4.69) is 40.0 Å². The van der Waals surface area contributed by atoms with Crippen LogP contribution >= 0.6 is 0 Å². The summed E-state index contributed by atoms with van der Waals surface area (Å²) < 4.78 is 12.2. The van der Waals surface area contributed by atoms with Crippen LogP contribution in [0, 0.1) is 5.41 Å². The van der Waals surface area contributed by atoms with Crippen molar-refractivity contribution in [1.82, 2.24) is 0 Å². The second-order valence-electron chi connectivity index (χ2n) is 6.80. The van der Waals surface area contributed by atoms with Crippen molar-refractivity contribution in [2.45, 2.75) is 33.5 Å². The third kappa shape index (κ3) is 3.10. The van der Waals surface area contributed by atoms with E-state index in [1.165, 1.54) is 5.56 Å². The predicted molar refractivity (Wildman–Crippen MR) is 76.9 cm³/mol. The lowest BCUT2D eigenvalue weighted by atomic mass is 9.92. The molecule has 0 saturated carbocycles. The van der Waals surface area contributed by atoms with Crippen LogP contribution in [0.15, 0.2) is 24.3 Å². The van der Waals surface area contributed by atoms with E-state index in [4.69, 9.17) is 9.47 Å². The Morgan fingerprint density at radius 3 is 2.42 bits per heavy atom. The molecule has 1 fully saturated rings. The molecule has 2 atom stereocenters. The molecule has 1 aliphatic rings. The monoisotopic (exact) mass is 264 g/mol. The van der Waals surface area contributed by atoms with Gasteiger partial charge in [-0.15, -0.1) is 0 Å². The molecule has 0 aliphatic carbocycles. The Kier molecular flexibility index (Phi) is 3.88. The molecule has 106 valence electrons. The summed E-state index contributed by atoms with van der Waals surface area (Å²) in [7, 11) is 4.00. The van der Waals surface area contributed by atoms with Gasteiger partial charge < -0.3 is 9.47 Å². The fraction of sp³-hybridized carbons (Fsp3) is 0.625. The van der Waals surface area contributed by atoms with E-state index in [1.807, 2.05) is 12.1 Å². The van der Waals surface area contributed by atoms with E-state index in [1.54, 1.807) is 7.11 Å². The van der Waals surface area contributed by atoms with Crippen molar-refractivity contribution in [3.8, 4) is 5.75 Å². The Hall–Kier alpha value is -1.06. The molecule has 3 nitrogen and oxygen atoms in total. The fourth-order valence-corrected chi connectivity index (χ4v) is 3.17. The first kappa shape index (κ1) is 14.4. The molecule has 19 heavy (non-hydrogen) atoms. The van der Waals surface area contributed by atoms with Crippen LogP contribution in [0.25, 0.3) is 0 Å². The molecule has 0 spiro atoms. The van der Waals surface area contributed by atoms with Crippen LogP contribution in [-0.4, -0.2) is 38.0 Å². The normalized spacial score (nSPS) is 27.5. The van der Waals surface area contributed by atoms with Gasteiger partial charge >= 0.3 is 0 Å². The smallest absolute Gasteiger partial charge is 0.198 e. The van der Waals surface area contributed by atoms with Gasteiger partial charge in [-0.2, -0.15) is 0 Å². The largest absolute Gasteiger partial charge is 0.497 e. The summed E-state index contributed by atoms with van der Waals surface area (Å²) >= 11 is 0. The maximum Gasteiger partial charge on any atom is 0.198 e. The lowest BCUT2D eigenvalue weighted by Crippen LogP contribution is -2.53. The second kappa shape index (κ2) is 5.14. The van der Waals surface area contributed by atoms with E-state index in [0.29, 0.717) is 0 Å². The van der Waals surface area contributed by atoms with Crippen molar-refractivity contribution >= 4 is 0 Å². The zero-order valence-electron chi connectivity index (χ0n) is 12.8. The third-order valence-corrected chi connectivity index (χ3v) is 3.89. The third-order valence-electron chi connectivity index (χ3n) is 3.89. The van der Waals surface area contributed by atoms with Crippen LogP contribution in [-0.2, 0) is 11.3 Å².